The predicted octanol–water partition coefficient (Wildman–Crippen LogP) is 1.32. The van der Waals surface area contributed by atoms with Gasteiger partial charge in [-0.2, -0.15) is 0 Å². The molecule has 0 aromatic rings. The minimum Gasteiger partial charge on any atom is -0.295 e. The van der Waals surface area contributed by atoms with Crippen LogP contribution in [0.25, 0.3) is 0 Å². The fraction of sp³-hybridized carbons (Fsp3) is 0.500. The second-order valence-corrected chi connectivity index (χ2v) is 4.65. The fourth-order valence-electron chi connectivity index (χ4n) is 3.27. The van der Waals surface area contributed by atoms with Gasteiger partial charge in [-0.3, -0.25) is 14.9 Å². The molecule has 2 atom stereocenters. The second kappa shape index (κ2) is 2.60. The molecule has 2 unspecified atom stereocenters. The summed E-state index contributed by atoms with van der Waals surface area (Å²) < 4.78 is 0. The molecule has 3 rings (SSSR count). The van der Waals surface area contributed by atoms with Crippen molar-refractivity contribution < 1.29 is 9.59 Å². The van der Waals surface area contributed by atoms with Crippen molar-refractivity contribution in [2.45, 2.75) is 25.7 Å². The van der Waals surface area contributed by atoms with E-state index in [1.165, 1.54) is 0 Å². The number of rotatable bonds is 0. The van der Waals surface area contributed by atoms with Crippen molar-refractivity contribution in [1.82, 2.24) is 5.32 Å². The summed E-state index contributed by atoms with van der Waals surface area (Å²) >= 11 is 0. The van der Waals surface area contributed by atoms with Crippen molar-refractivity contribution >= 4 is 11.8 Å². The summed E-state index contributed by atoms with van der Waals surface area (Å²) in [6, 6.07) is 0. The molecular formula is C12H13NO2. The van der Waals surface area contributed by atoms with Crippen LogP contribution in [0.2, 0.25) is 0 Å². The minimum absolute atomic E-state index is 0.104. The van der Waals surface area contributed by atoms with Crippen molar-refractivity contribution in [1.29, 1.82) is 0 Å². The predicted molar refractivity (Wildman–Crippen MR) is 54.8 cm³/mol. The van der Waals surface area contributed by atoms with Gasteiger partial charge in [0.25, 0.3) is 0 Å². The smallest absolute Gasteiger partial charge is 0.238 e. The lowest BCUT2D eigenvalue weighted by molar-refractivity contribution is -0.130. The number of hydrogen-bond donors (Lipinski definition) is 1. The van der Waals surface area contributed by atoms with E-state index in [9.17, 15) is 9.59 Å². The Hall–Kier alpha value is -1.38. The molecule has 1 saturated carbocycles. The first-order valence-corrected chi connectivity index (χ1v) is 5.44. The molecule has 3 aliphatic rings. The van der Waals surface area contributed by atoms with Gasteiger partial charge in [0.2, 0.25) is 11.8 Å². The summed E-state index contributed by atoms with van der Waals surface area (Å²) in [5.41, 5.74) is -1.14. The Morgan fingerprint density at radius 1 is 0.933 bits per heavy atom. The van der Waals surface area contributed by atoms with E-state index in [-0.39, 0.29) is 11.8 Å². The van der Waals surface area contributed by atoms with Crippen LogP contribution in [0.3, 0.4) is 0 Å². The largest absolute Gasteiger partial charge is 0.295 e. The first-order valence-electron chi connectivity index (χ1n) is 5.44. The van der Waals surface area contributed by atoms with Crippen molar-refractivity contribution in [2.24, 2.45) is 10.8 Å². The van der Waals surface area contributed by atoms with Crippen LogP contribution in [0, 0.1) is 10.8 Å². The summed E-state index contributed by atoms with van der Waals surface area (Å²) in [7, 11) is 0. The second-order valence-electron chi connectivity index (χ2n) is 4.65. The zero-order valence-corrected chi connectivity index (χ0v) is 8.45. The SMILES string of the molecule is O=C1NC(=O)C23C=CC=CC12CCCC3. The first-order chi connectivity index (χ1) is 7.21. The van der Waals surface area contributed by atoms with Crippen LogP contribution in [0.4, 0.5) is 0 Å². The van der Waals surface area contributed by atoms with Gasteiger partial charge in [-0.15, -0.1) is 0 Å². The van der Waals surface area contributed by atoms with Gasteiger partial charge in [-0.25, -0.2) is 0 Å². The number of carbonyl (C=O) groups excluding carboxylic acids is 2. The Balaban J connectivity index is 2.23. The van der Waals surface area contributed by atoms with Crippen LogP contribution in [-0.2, 0) is 9.59 Å². The Morgan fingerprint density at radius 2 is 1.40 bits per heavy atom. The van der Waals surface area contributed by atoms with Crippen molar-refractivity contribution in [2.75, 3.05) is 0 Å². The van der Waals surface area contributed by atoms with Gasteiger partial charge < -0.3 is 0 Å². The highest BCUT2D eigenvalue weighted by Gasteiger charge is 2.64. The van der Waals surface area contributed by atoms with Crippen LogP contribution in [0.15, 0.2) is 24.3 Å². The third kappa shape index (κ3) is 0.822. The topological polar surface area (TPSA) is 46.2 Å². The summed E-state index contributed by atoms with van der Waals surface area (Å²) in [6.07, 6.45) is 11.3. The molecule has 2 aliphatic carbocycles. The van der Waals surface area contributed by atoms with Crippen molar-refractivity contribution in [3.05, 3.63) is 24.3 Å². The molecular weight excluding hydrogens is 190 g/mol. The first kappa shape index (κ1) is 8.89. The maximum absolute atomic E-state index is 12.0. The molecule has 0 aromatic heterocycles. The molecule has 2 amide bonds. The quantitative estimate of drug-likeness (QED) is 0.603. The van der Waals surface area contributed by atoms with E-state index in [4.69, 9.17) is 0 Å². The highest BCUT2D eigenvalue weighted by molar-refractivity contribution is 6.12. The third-order valence-corrected chi connectivity index (χ3v) is 4.10. The van der Waals surface area contributed by atoms with Crippen LogP contribution < -0.4 is 5.32 Å². The fourth-order valence-corrected chi connectivity index (χ4v) is 3.27. The molecule has 2 fully saturated rings. The lowest BCUT2D eigenvalue weighted by Gasteiger charge is -2.43. The van der Waals surface area contributed by atoms with Crippen LogP contribution in [-0.4, -0.2) is 11.8 Å². The van der Waals surface area contributed by atoms with E-state index in [1.54, 1.807) is 0 Å². The molecule has 0 radical (unpaired) electrons. The van der Waals surface area contributed by atoms with E-state index in [2.05, 4.69) is 5.32 Å². The maximum Gasteiger partial charge on any atom is 0.238 e. The molecule has 1 heterocycles. The van der Waals surface area contributed by atoms with Gasteiger partial charge >= 0.3 is 0 Å². The zero-order valence-electron chi connectivity index (χ0n) is 8.45. The van der Waals surface area contributed by atoms with Gasteiger partial charge in [0.1, 0.15) is 0 Å². The monoisotopic (exact) mass is 203 g/mol. The zero-order chi connectivity index (χ0) is 10.5. The average Bonchev–Trinajstić information content (AvgIpc) is 2.50. The molecule has 3 heteroatoms. The van der Waals surface area contributed by atoms with Crippen LogP contribution in [0.5, 0.6) is 0 Å². The lowest BCUT2D eigenvalue weighted by atomic mass is 9.55. The van der Waals surface area contributed by atoms with E-state index in [0.29, 0.717) is 0 Å². The number of hydrogen-bond acceptors (Lipinski definition) is 2. The van der Waals surface area contributed by atoms with Crippen molar-refractivity contribution in [3.8, 4) is 0 Å². The van der Waals surface area contributed by atoms with E-state index in [0.717, 1.165) is 25.7 Å². The highest BCUT2D eigenvalue weighted by atomic mass is 16.2. The maximum atomic E-state index is 12.0. The molecule has 0 bridgehead atoms. The molecule has 78 valence electrons. The number of carbonyl (C=O) groups is 2. The minimum atomic E-state index is -0.572. The number of nitrogens with one attached hydrogen (secondary N) is 1. The van der Waals surface area contributed by atoms with Gasteiger partial charge in [0.05, 0.1) is 10.8 Å². The number of imide groups is 1. The number of allylic oxidation sites excluding steroid dienone is 2. The molecule has 3 nitrogen and oxygen atoms in total. The van der Waals surface area contributed by atoms with Crippen LogP contribution >= 0.6 is 0 Å². The van der Waals surface area contributed by atoms with E-state index >= 15 is 0 Å². The molecule has 0 aromatic carbocycles. The molecule has 0 spiro atoms. The molecule has 1 aliphatic heterocycles. The Bertz CT molecular complexity index is 372. The van der Waals surface area contributed by atoms with Gasteiger partial charge in [-0.1, -0.05) is 37.1 Å². The highest BCUT2D eigenvalue weighted by Crippen LogP contribution is 2.57. The Morgan fingerprint density at radius 3 is 1.87 bits per heavy atom. The van der Waals surface area contributed by atoms with Gasteiger partial charge in [0.15, 0.2) is 0 Å². The summed E-state index contributed by atoms with van der Waals surface area (Å²) in [5.74, 6) is -0.208. The molecule has 1 N–H and O–H groups in total. The Kier molecular flexibility index (Phi) is 1.54. The van der Waals surface area contributed by atoms with Gasteiger partial charge in [0, 0.05) is 0 Å². The molecule has 1 saturated heterocycles. The average molecular weight is 203 g/mol. The summed E-state index contributed by atoms with van der Waals surface area (Å²) in [6.45, 7) is 0. The van der Waals surface area contributed by atoms with E-state index < -0.39 is 10.8 Å². The molecule has 15 heavy (non-hydrogen) atoms. The number of amides is 2. The lowest BCUT2D eigenvalue weighted by Crippen LogP contribution is -2.45. The van der Waals surface area contributed by atoms with Crippen molar-refractivity contribution in [3.63, 3.8) is 0 Å². The summed E-state index contributed by atoms with van der Waals surface area (Å²) in [4.78, 5) is 23.9. The van der Waals surface area contributed by atoms with E-state index in [1.807, 2.05) is 24.3 Å². The van der Waals surface area contributed by atoms with Crippen LogP contribution in [0.1, 0.15) is 25.7 Å². The third-order valence-electron chi connectivity index (χ3n) is 4.10. The normalized spacial score (nSPS) is 42.4. The standard InChI is InChI=1S/C12H13NO2/c14-9-11-5-1-2-6-12(11,10(15)13-9)8-4-3-7-11/h1-2,5-6H,3-4,7-8H2,(H,13,14,15). The summed E-state index contributed by atoms with van der Waals surface area (Å²) in [5, 5.41) is 2.50. The van der Waals surface area contributed by atoms with Gasteiger partial charge in [-0.05, 0) is 12.8 Å². The Labute approximate surface area is 88.2 Å².